The number of ether oxygens (including phenoxy) is 2. The first-order valence-electron chi connectivity index (χ1n) is 11.5. The minimum Gasteiger partial charge on any atom is -0.493 e. The molecule has 1 amide bonds. The standard InChI is InChI=1S/C26H30N2O5S2/c1-32-24-13-10-20(17-25(24)33-2)14-15-27(18-22-7-6-16-34-22)26(29)19-28(21-11-12-21)35(30,31)23-8-4-3-5-9-23/h3-10,13,16-17,21H,11-12,14-15,18-19H2,1-2H3. The van der Waals surface area contributed by atoms with Crippen molar-refractivity contribution in [3.8, 4) is 11.5 Å². The summed E-state index contributed by atoms with van der Waals surface area (Å²) >= 11 is 1.58. The summed E-state index contributed by atoms with van der Waals surface area (Å²) in [5, 5.41) is 1.97. The summed E-state index contributed by atoms with van der Waals surface area (Å²) in [5.41, 5.74) is 1.00. The van der Waals surface area contributed by atoms with Gasteiger partial charge < -0.3 is 14.4 Å². The Morgan fingerprint density at radius 3 is 2.37 bits per heavy atom. The quantitative estimate of drug-likeness (QED) is 0.362. The molecule has 3 aromatic rings. The van der Waals surface area contributed by atoms with Crippen LogP contribution in [-0.4, -0.2) is 56.9 Å². The molecule has 7 nitrogen and oxygen atoms in total. The predicted octanol–water partition coefficient (Wildman–Crippen LogP) is 4.19. The van der Waals surface area contributed by atoms with E-state index in [2.05, 4.69) is 0 Å². The molecule has 1 aromatic heterocycles. The maximum absolute atomic E-state index is 13.5. The van der Waals surface area contributed by atoms with Gasteiger partial charge in [-0.2, -0.15) is 4.31 Å². The van der Waals surface area contributed by atoms with Gasteiger partial charge in [0.05, 0.1) is 32.2 Å². The number of hydrogen-bond acceptors (Lipinski definition) is 6. The second-order valence-corrected chi connectivity index (χ2v) is 11.4. The van der Waals surface area contributed by atoms with Crippen molar-refractivity contribution in [2.24, 2.45) is 0 Å². The van der Waals surface area contributed by atoms with Crippen LogP contribution in [0.4, 0.5) is 0 Å². The van der Waals surface area contributed by atoms with Crippen LogP contribution in [0.5, 0.6) is 11.5 Å². The zero-order chi connectivity index (χ0) is 24.8. The van der Waals surface area contributed by atoms with E-state index in [9.17, 15) is 13.2 Å². The lowest BCUT2D eigenvalue weighted by molar-refractivity contribution is -0.132. The molecular weight excluding hydrogens is 484 g/mol. The highest BCUT2D eigenvalue weighted by Gasteiger charge is 2.40. The van der Waals surface area contributed by atoms with Crippen molar-refractivity contribution < 1.29 is 22.7 Å². The molecule has 0 unspecified atom stereocenters. The van der Waals surface area contributed by atoms with Gasteiger partial charge in [0.15, 0.2) is 11.5 Å². The number of rotatable bonds is 12. The van der Waals surface area contributed by atoms with Crippen molar-refractivity contribution in [2.45, 2.75) is 36.7 Å². The third-order valence-corrected chi connectivity index (χ3v) is 8.77. The highest BCUT2D eigenvalue weighted by molar-refractivity contribution is 7.89. The fourth-order valence-corrected chi connectivity index (χ4v) is 6.29. The van der Waals surface area contributed by atoms with Crippen molar-refractivity contribution in [1.82, 2.24) is 9.21 Å². The van der Waals surface area contributed by atoms with Gasteiger partial charge in [0.2, 0.25) is 15.9 Å². The number of benzene rings is 2. The minimum atomic E-state index is -3.75. The van der Waals surface area contributed by atoms with Crippen LogP contribution in [0.1, 0.15) is 23.3 Å². The summed E-state index contributed by atoms with van der Waals surface area (Å²) in [6.45, 7) is 0.725. The molecule has 1 aliphatic rings. The van der Waals surface area contributed by atoms with Crippen LogP contribution in [0, 0.1) is 0 Å². The van der Waals surface area contributed by atoms with E-state index in [1.807, 2.05) is 35.7 Å². The highest BCUT2D eigenvalue weighted by atomic mass is 32.2. The Kier molecular flexibility index (Phi) is 8.10. The minimum absolute atomic E-state index is 0.126. The molecule has 0 bridgehead atoms. The summed E-state index contributed by atoms with van der Waals surface area (Å²) < 4.78 is 38.8. The van der Waals surface area contributed by atoms with E-state index in [1.54, 1.807) is 60.8 Å². The lowest BCUT2D eigenvalue weighted by atomic mass is 10.1. The molecule has 0 saturated heterocycles. The van der Waals surface area contributed by atoms with Gasteiger partial charge in [-0.15, -0.1) is 11.3 Å². The summed E-state index contributed by atoms with van der Waals surface area (Å²) in [7, 11) is -0.572. The van der Waals surface area contributed by atoms with Gasteiger partial charge in [-0.05, 0) is 60.5 Å². The van der Waals surface area contributed by atoms with Gasteiger partial charge in [-0.25, -0.2) is 8.42 Å². The predicted molar refractivity (Wildman–Crippen MR) is 136 cm³/mol. The molecule has 1 saturated carbocycles. The normalized spacial score (nSPS) is 13.6. The molecule has 2 aromatic carbocycles. The Hall–Kier alpha value is -2.88. The Morgan fingerprint density at radius 1 is 1.00 bits per heavy atom. The third kappa shape index (κ3) is 6.22. The monoisotopic (exact) mass is 514 g/mol. The molecule has 0 atom stereocenters. The maximum atomic E-state index is 13.5. The second-order valence-electron chi connectivity index (χ2n) is 8.43. The van der Waals surface area contributed by atoms with Crippen LogP contribution in [0.3, 0.4) is 0 Å². The highest BCUT2D eigenvalue weighted by Crippen LogP contribution is 2.32. The van der Waals surface area contributed by atoms with E-state index in [0.29, 0.717) is 31.0 Å². The van der Waals surface area contributed by atoms with Gasteiger partial charge in [0.25, 0.3) is 0 Å². The SMILES string of the molecule is COc1ccc(CCN(Cc2cccs2)C(=O)CN(C2CC2)S(=O)(=O)c2ccccc2)cc1OC. The van der Waals surface area contributed by atoms with Crippen molar-refractivity contribution >= 4 is 27.3 Å². The lowest BCUT2D eigenvalue weighted by Gasteiger charge is -2.27. The van der Waals surface area contributed by atoms with Crippen LogP contribution < -0.4 is 9.47 Å². The molecule has 0 radical (unpaired) electrons. The van der Waals surface area contributed by atoms with Crippen molar-refractivity contribution in [3.63, 3.8) is 0 Å². The Morgan fingerprint density at radius 2 is 1.74 bits per heavy atom. The summed E-state index contributed by atoms with van der Waals surface area (Å²) in [6.07, 6.45) is 2.15. The van der Waals surface area contributed by atoms with Crippen LogP contribution >= 0.6 is 11.3 Å². The molecular formula is C26H30N2O5S2. The lowest BCUT2D eigenvalue weighted by Crippen LogP contribution is -2.44. The van der Waals surface area contributed by atoms with Crippen LogP contribution in [0.2, 0.25) is 0 Å². The number of methoxy groups -OCH3 is 2. The second kappa shape index (κ2) is 11.2. The van der Waals surface area contributed by atoms with Crippen molar-refractivity contribution in [3.05, 3.63) is 76.5 Å². The number of hydrogen-bond donors (Lipinski definition) is 0. The first-order valence-corrected chi connectivity index (χ1v) is 13.8. The number of thiophene rings is 1. The van der Waals surface area contributed by atoms with Crippen LogP contribution in [-0.2, 0) is 27.8 Å². The first kappa shape index (κ1) is 25.2. The number of sulfonamides is 1. The molecule has 4 rings (SSSR count). The van der Waals surface area contributed by atoms with E-state index < -0.39 is 10.0 Å². The van der Waals surface area contributed by atoms with Gasteiger partial charge in [0, 0.05) is 17.5 Å². The number of carbonyl (C=O) groups excluding carboxylic acids is 1. The first-order chi connectivity index (χ1) is 16.9. The Balaban J connectivity index is 1.52. The summed E-state index contributed by atoms with van der Waals surface area (Å²) in [5.74, 6) is 1.08. The fourth-order valence-electron chi connectivity index (χ4n) is 3.92. The Labute approximate surface area is 210 Å². The third-order valence-electron chi connectivity index (χ3n) is 5.99. The van der Waals surface area contributed by atoms with E-state index >= 15 is 0 Å². The summed E-state index contributed by atoms with van der Waals surface area (Å²) in [4.78, 5) is 16.5. The molecule has 1 aliphatic carbocycles. The van der Waals surface area contributed by atoms with E-state index in [1.165, 1.54) is 4.31 Å². The topological polar surface area (TPSA) is 76.2 Å². The van der Waals surface area contributed by atoms with Gasteiger partial charge in [-0.3, -0.25) is 4.79 Å². The number of amides is 1. The molecule has 9 heteroatoms. The molecule has 1 heterocycles. The van der Waals surface area contributed by atoms with Crippen LogP contribution in [0.25, 0.3) is 0 Å². The number of carbonyl (C=O) groups is 1. The fraction of sp³-hybridized carbons (Fsp3) is 0.346. The molecule has 35 heavy (non-hydrogen) atoms. The van der Waals surface area contributed by atoms with Crippen molar-refractivity contribution in [2.75, 3.05) is 27.3 Å². The average Bonchev–Trinajstić information content (AvgIpc) is 3.59. The smallest absolute Gasteiger partial charge is 0.243 e. The molecule has 186 valence electrons. The van der Waals surface area contributed by atoms with Crippen LogP contribution in [0.15, 0.2) is 70.9 Å². The molecule has 0 spiro atoms. The van der Waals surface area contributed by atoms with E-state index in [0.717, 1.165) is 23.3 Å². The van der Waals surface area contributed by atoms with Gasteiger partial charge >= 0.3 is 0 Å². The zero-order valence-corrected chi connectivity index (χ0v) is 21.6. The average molecular weight is 515 g/mol. The maximum Gasteiger partial charge on any atom is 0.243 e. The molecule has 1 fully saturated rings. The van der Waals surface area contributed by atoms with Gasteiger partial charge in [-0.1, -0.05) is 30.3 Å². The molecule has 0 N–H and O–H groups in total. The number of nitrogens with zero attached hydrogens (tertiary/aromatic N) is 2. The summed E-state index contributed by atoms with van der Waals surface area (Å²) in [6, 6.07) is 17.9. The Bertz CT molecular complexity index is 1230. The van der Waals surface area contributed by atoms with E-state index in [4.69, 9.17) is 9.47 Å². The van der Waals surface area contributed by atoms with Gasteiger partial charge in [0.1, 0.15) is 0 Å². The largest absolute Gasteiger partial charge is 0.493 e. The van der Waals surface area contributed by atoms with Crippen molar-refractivity contribution in [1.29, 1.82) is 0 Å². The van der Waals surface area contributed by atoms with E-state index in [-0.39, 0.29) is 23.4 Å². The molecule has 0 aliphatic heterocycles. The zero-order valence-electron chi connectivity index (χ0n) is 19.9.